The number of carboxylic acids is 1. The molecule has 0 spiro atoms. The lowest BCUT2D eigenvalue weighted by molar-refractivity contribution is -0.141. The number of anilines is 1. The minimum Gasteiger partial charge on any atom is -0.494 e. The summed E-state index contributed by atoms with van der Waals surface area (Å²) in [6, 6.07) is 5.82. The predicted octanol–water partition coefficient (Wildman–Crippen LogP) is 2.30. The Hall–Kier alpha value is -2.37. The lowest BCUT2D eigenvalue weighted by atomic mass is 10.1. The summed E-state index contributed by atoms with van der Waals surface area (Å²) < 4.78 is 5.31. The van der Waals surface area contributed by atoms with Crippen LogP contribution in [0.5, 0.6) is 5.75 Å². The number of para-hydroxylation sites is 1. The highest BCUT2D eigenvalue weighted by atomic mass is 16.5. The molecule has 110 valence electrons. The van der Waals surface area contributed by atoms with Crippen molar-refractivity contribution in [2.24, 2.45) is 5.92 Å². The zero-order valence-corrected chi connectivity index (χ0v) is 11.7. The zero-order valence-electron chi connectivity index (χ0n) is 11.7. The second-order valence-electron chi connectivity index (χ2n) is 5.27. The molecule has 1 heterocycles. The molecule has 1 fully saturated rings. The average molecular weight is 287 g/mol. The molecule has 1 aromatic carbocycles. The van der Waals surface area contributed by atoms with E-state index < -0.39 is 5.97 Å². The Bertz CT molecular complexity index is 674. The number of hydrogen-bond donors (Lipinski definition) is 2. The van der Waals surface area contributed by atoms with Gasteiger partial charge in [0.1, 0.15) is 23.4 Å². The fraction of sp³-hybridized carbons (Fsp3) is 0.400. The molecule has 6 heteroatoms. The number of nitrogens with zero attached hydrogens (tertiary/aromatic N) is 2. The van der Waals surface area contributed by atoms with Gasteiger partial charge in [-0.2, -0.15) is 0 Å². The Morgan fingerprint density at radius 3 is 2.95 bits per heavy atom. The maximum absolute atomic E-state index is 11.0. The summed E-state index contributed by atoms with van der Waals surface area (Å²) in [5.41, 5.74) is 0.755. The van der Waals surface area contributed by atoms with Crippen LogP contribution in [-0.4, -0.2) is 34.2 Å². The third kappa shape index (κ3) is 2.61. The quantitative estimate of drug-likeness (QED) is 0.897. The summed E-state index contributed by atoms with van der Waals surface area (Å²) in [5, 5.41) is 13.3. The van der Waals surface area contributed by atoms with E-state index in [1.54, 1.807) is 7.11 Å². The molecule has 0 radical (unpaired) electrons. The maximum atomic E-state index is 11.0. The third-order valence-corrected chi connectivity index (χ3v) is 3.97. The lowest BCUT2D eigenvalue weighted by Gasteiger charge is -2.15. The first-order valence-electron chi connectivity index (χ1n) is 6.96. The highest BCUT2D eigenvalue weighted by Crippen LogP contribution is 2.31. The van der Waals surface area contributed by atoms with Crippen molar-refractivity contribution in [3.05, 3.63) is 24.5 Å². The van der Waals surface area contributed by atoms with E-state index in [9.17, 15) is 4.79 Å². The van der Waals surface area contributed by atoms with Crippen LogP contribution in [-0.2, 0) is 4.79 Å². The summed E-state index contributed by atoms with van der Waals surface area (Å²) in [5.74, 6) is 0.460. The van der Waals surface area contributed by atoms with Crippen molar-refractivity contribution < 1.29 is 14.6 Å². The molecule has 1 aliphatic carbocycles. The Balaban J connectivity index is 1.86. The number of fused-ring (bicyclic) bond motifs is 1. The molecule has 0 aliphatic heterocycles. The van der Waals surface area contributed by atoms with Gasteiger partial charge in [0.25, 0.3) is 0 Å². The van der Waals surface area contributed by atoms with Crippen LogP contribution >= 0.6 is 0 Å². The molecular formula is C15H17N3O3. The summed E-state index contributed by atoms with van der Waals surface area (Å²) in [6.45, 7) is 0. The number of rotatable bonds is 4. The number of aromatic nitrogens is 2. The number of hydrogen-bond acceptors (Lipinski definition) is 5. The fourth-order valence-corrected chi connectivity index (χ4v) is 2.87. The Morgan fingerprint density at radius 2 is 2.24 bits per heavy atom. The van der Waals surface area contributed by atoms with Crippen molar-refractivity contribution in [3.8, 4) is 5.75 Å². The molecule has 2 aromatic rings. The number of methoxy groups -OCH3 is 1. The maximum Gasteiger partial charge on any atom is 0.306 e. The van der Waals surface area contributed by atoms with E-state index in [0.717, 1.165) is 23.1 Å². The molecule has 2 unspecified atom stereocenters. The molecule has 6 nitrogen and oxygen atoms in total. The van der Waals surface area contributed by atoms with Crippen LogP contribution < -0.4 is 10.1 Å². The van der Waals surface area contributed by atoms with Crippen molar-refractivity contribution in [1.29, 1.82) is 0 Å². The number of ether oxygens (including phenoxy) is 1. The first-order chi connectivity index (χ1) is 10.2. The van der Waals surface area contributed by atoms with Crippen LogP contribution in [0.4, 0.5) is 5.82 Å². The third-order valence-electron chi connectivity index (χ3n) is 3.97. The van der Waals surface area contributed by atoms with E-state index in [-0.39, 0.29) is 12.0 Å². The number of nitrogens with one attached hydrogen (secondary N) is 1. The standard InChI is InChI=1S/C15H17N3O3/c1-21-12-4-2-3-11-13(12)16-8-17-14(11)18-10-6-5-9(7-10)15(19)20/h2-4,8-10H,5-7H2,1H3,(H,19,20)(H,16,17,18). The van der Waals surface area contributed by atoms with Gasteiger partial charge in [-0.05, 0) is 31.4 Å². The first kappa shape index (κ1) is 13.6. The van der Waals surface area contributed by atoms with Gasteiger partial charge >= 0.3 is 5.97 Å². The minimum atomic E-state index is -0.714. The van der Waals surface area contributed by atoms with Crippen molar-refractivity contribution in [3.63, 3.8) is 0 Å². The van der Waals surface area contributed by atoms with Crippen LogP contribution in [0.2, 0.25) is 0 Å². The van der Waals surface area contributed by atoms with Crippen molar-refractivity contribution >= 4 is 22.7 Å². The molecule has 2 atom stereocenters. The van der Waals surface area contributed by atoms with Gasteiger partial charge in [-0.1, -0.05) is 6.07 Å². The molecule has 3 rings (SSSR count). The Morgan fingerprint density at radius 1 is 1.38 bits per heavy atom. The summed E-state index contributed by atoms with van der Waals surface area (Å²) in [6.07, 6.45) is 3.67. The first-order valence-corrected chi connectivity index (χ1v) is 6.96. The highest BCUT2D eigenvalue weighted by molar-refractivity contribution is 5.92. The van der Waals surface area contributed by atoms with Gasteiger partial charge in [0.05, 0.1) is 13.0 Å². The van der Waals surface area contributed by atoms with Gasteiger partial charge in [0.15, 0.2) is 0 Å². The van der Waals surface area contributed by atoms with Crippen molar-refractivity contribution in [1.82, 2.24) is 9.97 Å². The molecule has 1 aliphatic rings. The van der Waals surface area contributed by atoms with E-state index in [2.05, 4.69) is 15.3 Å². The molecule has 21 heavy (non-hydrogen) atoms. The fourth-order valence-electron chi connectivity index (χ4n) is 2.87. The molecular weight excluding hydrogens is 270 g/mol. The van der Waals surface area contributed by atoms with Gasteiger partial charge in [-0.15, -0.1) is 0 Å². The predicted molar refractivity (Wildman–Crippen MR) is 78.5 cm³/mol. The van der Waals surface area contributed by atoms with Crippen LogP contribution in [0.3, 0.4) is 0 Å². The lowest BCUT2D eigenvalue weighted by Crippen LogP contribution is -2.18. The number of aliphatic carboxylic acids is 1. The van der Waals surface area contributed by atoms with Crippen LogP contribution in [0.15, 0.2) is 24.5 Å². The topological polar surface area (TPSA) is 84.3 Å². The van der Waals surface area contributed by atoms with E-state index >= 15 is 0 Å². The summed E-state index contributed by atoms with van der Waals surface area (Å²) in [4.78, 5) is 19.6. The zero-order chi connectivity index (χ0) is 14.8. The average Bonchev–Trinajstić information content (AvgIpc) is 2.96. The Labute approximate surface area is 122 Å². The second kappa shape index (κ2) is 5.55. The molecule has 0 bridgehead atoms. The van der Waals surface area contributed by atoms with Crippen LogP contribution in [0, 0.1) is 5.92 Å². The largest absolute Gasteiger partial charge is 0.494 e. The van der Waals surface area contributed by atoms with Crippen LogP contribution in [0.25, 0.3) is 10.9 Å². The Kier molecular flexibility index (Phi) is 3.60. The number of carboxylic acid groups (broad SMARTS) is 1. The normalized spacial score (nSPS) is 21.4. The van der Waals surface area contributed by atoms with Gasteiger partial charge in [-0.25, -0.2) is 9.97 Å². The van der Waals surface area contributed by atoms with E-state index in [1.165, 1.54) is 6.33 Å². The van der Waals surface area contributed by atoms with Gasteiger partial charge < -0.3 is 15.2 Å². The molecule has 0 amide bonds. The highest BCUT2D eigenvalue weighted by Gasteiger charge is 2.30. The minimum absolute atomic E-state index is 0.135. The number of carbonyl (C=O) groups is 1. The molecule has 2 N–H and O–H groups in total. The summed E-state index contributed by atoms with van der Waals surface area (Å²) in [7, 11) is 1.61. The van der Waals surface area contributed by atoms with E-state index in [4.69, 9.17) is 9.84 Å². The number of benzene rings is 1. The van der Waals surface area contributed by atoms with Gasteiger partial charge in [-0.3, -0.25) is 4.79 Å². The van der Waals surface area contributed by atoms with Crippen LogP contribution in [0.1, 0.15) is 19.3 Å². The SMILES string of the molecule is COc1cccc2c(NC3CCC(C(=O)O)C3)ncnc12. The molecule has 0 saturated heterocycles. The van der Waals surface area contributed by atoms with Crippen molar-refractivity contribution in [2.45, 2.75) is 25.3 Å². The van der Waals surface area contributed by atoms with Crippen molar-refractivity contribution in [2.75, 3.05) is 12.4 Å². The van der Waals surface area contributed by atoms with Gasteiger partial charge in [0, 0.05) is 11.4 Å². The molecule has 1 aromatic heterocycles. The molecule has 1 saturated carbocycles. The smallest absolute Gasteiger partial charge is 0.306 e. The van der Waals surface area contributed by atoms with E-state index in [1.807, 2.05) is 18.2 Å². The monoisotopic (exact) mass is 287 g/mol. The second-order valence-corrected chi connectivity index (χ2v) is 5.27. The van der Waals surface area contributed by atoms with Gasteiger partial charge in [0.2, 0.25) is 0 Å². The summed E-state index contributed by atoms with van der Waals surface area (Å²) >= 11 is 0. The van der Waals surface area contributed by atoms with E-state index in [0.29, 0.717) is 18.6 Å².